The van der Waals surface area contributed by atoms with Crippen molar-refractivity contribution in [1.29, 1.82) is 5.41 Å². The van der Waals surface area contributed by atoms with Crippen LogP contribution in [0.1, 0.15) is 31.0 Å². The smallest absolute Gasteiger partial charge is 0.169 e. The van der Waals surface area contributed by atoms with Crippen molar-refractivity contribution in [2.75, 3.05) is 18.2 Å². The number of benzene rings is 2. The first kappa shape index (κ1) is 21.0. The predicted molar refractivity (Wildman–Crippen MR) is 130 cm³/mol. The van der Waals surface area contributed by atoms with Gasteiger partial charge in [-0.05, 0) is 41.1 Å². The Labute approximate surface area is 182 Å². The van der Waals surface area contributed by atoms with E-state index in [1.165, 1.54) is 6.21 Å². The van der Waals surface area contributed by atoms with Crippen LogP contribution in [0.15, 0.2) is 40.9 Å². The Kier molecular flexibility index (Phi) is 5.05. The molecule has 0 saturated carbocycles. The molecule has 0 saturated heterocycles. The van der Waals surface area contributed by atoms with Gasteiger partial charge in [0.15, 0.2) is 5.82 Å². The number of nitrogens with zero attached hydrogens (tertiary/aromatic N) is 4. The number of rotatable bonds is 4. The fourth-order valence-electron chi connectivity index (χ4n) is 3.84. The molecule has 160 valence electrons. The summed E-state index contributed by atoms with van der Waals surface area (Å²) in [6.45, 7) is 4.15. The first-order chi connectivity index (χ1) is 14.6. The Bertz CT molecular complexity index is 1470. The molecule has 2 aromatic heterocycles. The second kappa shape index (κ2) is 7.46. The Hall–Kier alpha value is -3.26. The van der Waals surface area contributed by atoms with Crippen LogP contribution < -0.4 is 5.73 Å². The maximum Gasteiger partial charge on any atom is 0.169 e. The van der Waals surface area contributed by atoms with Crippen molar-refractivity contribution >= 4 is 49.1 Å². The van der Waals surface area contributed by atoms with Crippen molar-refractivity contribution < 1.29 is 4.21 Å². The molecule has 31 heavy (non-hydrogen) atoms. The first-order valence-electron chi connectivity index (χ1n) is 9.96. The van der Waals surface area contributed by atoms with E-state index < -0.39 is 9.73 Å². The van der Waals surface area contributed by atoms with Crippen molar-refractivity contribution in [3.8, 4) is 11.1 Å². The Morgan fingerprint density at radius 2 is 1.94 bits per heavy atom. The summed E-state index contributed by atoms with van der Waals surface area (Å²) in [6, 6.07) is 9.89. The number of hydrogen-bond donors (Lipinski definition) is 2. The third-order valence-electron chi connectivity index (χ3n) is 5.26. The van der Waals surface area contributed by atoms with Crippen LogP contribution in [0.25, 0.3) is 32.8 Å². The lowest BCUT2D eigenvalue weighted by Crippen LogP contribution is -2.02. The van der Waals surface area contributed by atoms with E-state index in [-0.39, 0.29) is 5.92 Å². The van der Waals surface area contributed by atoms with Gasteiger partial charge in [0.25, 0.3) is 0 Å². The second-order valence-corrected chi connectivity index (χ2v) is 10.9. The summed E-state index contributed by atoms with van der Waals surface area (Å²) < 4.78 is 18.8. The molecule has 0 unspecified atom stereocenters. The standard InChI is InChI=1S/C23H26N6OS/c1-13(2)22-21(14-6-7-20-16(8-14)12-26-29(20)3)17-9-15(11-24)19(25)10-18(17)23(27-22)28-31(4,5)30/h6-13,24H,25H2,1-5H3. The zero-order chi connectivity index (χ0) is 22.5. The fourth-order valence-corrected chi connectivity index (χ4v) is 4.39. The fraction of sp³-hybridized carbons (Fsp3) is 0.261. The van der Waals surface area contributed by atoms with E-state index in [2.05, 4.69) is 35.4 Å². The highest BCUT2D eigenvalue weighted by Crippen LogP contribution is 2.41. The minimum absolute atomic E-state index is 0.101. The molecule has 0 aliphatic rings. The third-order valence-corrected chi connectivity index (χ3v) is 5.87. The lowest BCUT2D eigenvalue weighted by Gasteiger charge is -2.18. The van der Waals surface area contributed by atoms with E-state index in [9.17, 15) is 4.21 Å². The van der Waals surface area contributed by atoms with E-state index in [0.29, 0.717) is 17.1 Å². The molecule has 0 aliphatic carbocycles. The zero-order valence-corrected chi connectivity index (χ0v) is 19.1. The normalized spacial score (nSPS) is 12.1. The number of nitrogens with one attached hydrogen (secondary N) is 1. The molecular weight excluding hydrogens is 408 g/mol. The van der Waals surface area contributed by atoms with E-state index >= 15 is 0 Å². The van der Waals surface area contributed by atoms with Crippen molar-refractivity contribution in [1.82, 2.24) is 14.8 Å². The number of pyridine rings is 1. The van der Waals surface area contributed by atoms with Gasteiger partial charge in [0.05, 0.1) is 17.4 Å². The lowest BCUT2D eigenvalue weighted by atomic mass is 9.91. The van der Waals surface area contributed by atoms with Gasteiger partial charge >= 0.3 is 0 Å². The topological polar surface area (TPSA) is 110 Å². The average Bonchev–Trinajstić information content (AvgIpc) is 3.06. The molecule has 2 aromatic carbocycles. The molecule has 0 bridgehead atoms. The van der Waals surface area contributed by atoms with Gasteiger partial charge in [-0.1, -0.05) is 19.9 Å². The molecule has 7 nitrogen and oxygen atoms in total. The van der Waals surface area contributed by atoms with Gasteiger partial charge in [0.2, 0.25) is 0 Å². The second-order valence-electron chi connectivity index (χ2n) is 8.34. The third kappa shape index (κ3) is 3.79. The number of fused-ring (bicyclic) bond motifs is 2. The minimum Gasteiger partial charge on any atom is -0.398 e. The van der Waals surface area contributed by atoms with Gasteiger partial charge in [-0.25, -0.2) is 9.19 Å². The summed E-state index contributed by atoms with van der Waals surface area (Å²) >= 11 is 0. The van der Waals surface area contributed by atoms with E-state index in [1.54, 1.807) is 18.6 Å². The lowest BCUT2D eigenvalue weighted by molar-refractivity contribution is 0.684. The summed E-state index contributed by atoms with van der Waals surface area (Å²) in [5.41, 5.74) is 11.1. The quantitative estimate of drug-likeness (QED) is 0.353. The highest BCUT2D eigenvalue weighted by atomic mass is 32.2. The number of aryl methyl sites for hydroxylation is 1. The van der Waals surface area contributed by atoms with Crippen LogP contribution >= 0.6 is 0 Å². The Morgan fingerprint density at radius 1 is 1.19 bits per heavy atom. The molecular formula is C23H26N6OS. The van der Waals surface area contributed by atoms with Crippen molar-refractivity contribution in [2.45, 2.75) is 19.8 Å². The van der Waals surface area contributed by atoms with Crippen molar-refractivity contribution in [3.05, 3.63) is 47.8 Å². The van der Waals surface area contributed by atoms with Gasteiger partial charge in [-0.15, -0.1) is 0 Å². The maximum absolute atomic E-state index is 12.5. The maximum atomic E-state index is 12.5. The monoisotopic (exact) mass is 434 g/mol. The van der Waals surface area contributed by atoms with Crippen LogP contribution in [0.5, 0.6) is 0 Å². The van der Waals surface area contributed by atoms with E-state index in [1.807, 2.05) is 30.1 Å². The summed E-state index contributed by atoms with van der Waals surface area (Å²) in [4.78, 5) is 4.86. The number of nitrogen functional groups attached to an aromatic ring is 1. The summed E-state index contributed by atoms with van der Waals surface area (Å²) in [6.07, 6.45) is 6.28. The molecule has 0 atom stereocenters. The molecule has 0 radical (unpaired) electrons. The van der Waals surface area contributed by atoms with Crippen molar-refractivity contribution in [2.24, 2.45) is 11.4 Å². The number of anilines is 1. The van der Waals surface area contributed by atoms with Gasteiger partial charge in [-0.2, -0.15) is 9.46 Å². The van der Waals surface area contributed by atoms with Crippen LogP contribution in [0.4, 0.5) is 11.5 Å². The SMILES string of the molecule is CC(C)c1nc(N=S(C)(C)=O)c2cc(N)c(C=N)cc2c1-c1ccc2c(cnn2C)c1. The van der Waals surface area contributed by atoms with Gasteiger partial charge in [0.1, 0.15) is 0 Å². The zero-order valence-electron chi connectivity index (χ0n) is 18.3. The summed E-state index contributed by atoms with van der Waals surface area (Å²) in [5.74, 6) is 0.520. The van der Waals surface area contributed by atoms with E-state index in [4.69, 9.17) is 16.1 Å². The number of aromatic nitrogens is 3. The molecule has 2 heterocycles. The minimum atomic E-state index is -2.43. The Balaban J connectivity index is 2.18. The predicted octanol–water partition coefficient (Wildman–Crippen LogP) is 4.85. The van der Waals surface area contributed by atoms with Crippen LogP contribution in [0.3, 0.4) is 0 Å². The molecule has 0 aliphatic heterocycles. The number of hydrogen-bond acceptors (Lipinski definition) is 6. The van der Waals surface area contributed by atoms with Crippen LogP contribution in [-0.2, 0) is 16.8 Å². The van der Waals surface area contributed by atoms with Crippen molar-refractivity contribution in [3.63, 3.8) is 0 Å². The van der Waals surface area contributed by atoms with Gasteiger partial charge < -0.3 is 11.1 Å². The summed E-state index contributed by atoms with van der Waals surface area (Å²) in [7, 11) is -0.510. The first-order valence-corrected chi connectivity index (χ1v) is 12.3. The van der Waals surface area contributed by atoms with Gasteiger partial charge in [0, 0.05) is 63.1 Å². The largest absolute Gasteiger partial charge is 0.398 e. The molecule has 0 spiro atoms. The van der Waals surface area contributed by atoms with Crippen LogP contribution in [0, 0.1) is 5.41 Å². The molecule has 0 fully saturated rings. The Morgan fingerprint density at radius 3 is 2.58 bits per heavy atom. The molecule has 3 N–H and O–H groups in total. The average molecular weight is 435 g/mol. The van der Waals surface area contributed by atoms with E-state index in [0.717, 1.165) is 38.5 Å². The molecule has 4 rings (SSSR count). The highest BCUT2D eigenvalue weighted by molar-refractivity contribution is 7.92. The number of nitrogens with two attached hydrogens (primary N) is 1. The van der Waals surface area contributed by atoms with Crippen LogP contribution in [0.2, 0.25) is 0 Å². The van der Waals surface area contributed by atoms with Crippen LogP contribution in [-0.4, -0.2) is 37.7 Å². The molecule has 4 aromatic rings. The van der Waals surface area contributed by atoms with Gasteiger partial charge in [-0.3, -0.25) is 4.68 Å². The molecule has 0 amide bonds. The highest BCUT2D eigenvalue weighted by Gasteiger charge is 2.20. The summed E-state index contributed by atoms with van der Waals surface area (Å²) in [5, 5.41) is 14.8. The molecule has 8 heteroatoms.